The third kappa shape index (κ3) is 6.94. The van der Waals surface area contributed by atoms with Crippen molar-refractivity contribution in [3.05, 3.63) is 77.4 Å². The smallest absolute Gasteiger partial charge is 0.342 e. The Morgan fingerprint density at radius 1 is 1.03 bits per heavy atom. The number of allylic oxidation sites excluding steroid dienone is 4. The van der Waals surface area contributed by atoms with Gasteiger partial charge in [-0.15, -0.1) is 0 Å². The van der Waals surface area contributed by atoms with Gasteiger partial charge in [-0.3, -0.25) is 14.4 Å². The third-order valence-electron chi connectivity index (χ3n) is 13.5. The lowest BCUT2D eigenvalue weighted by Crippen LogP contribution is -2.63. The highest BCUT2D eigenvalue weighted by Crippen LogP contribution is 2.69. The molecule has 58 heavy (non-hydrogen) atoms. The predicted molar refractivity (Wildman–Crippen MR) is 214 cm³/mol. The van der Waals surface area contributed by atoms with Crippen LogP contribution in [0, 0.1) is 28.6 Å². The van der Waals surface area contributed by atoms with Gasteiger partial charge in [-0.25, -0.2) is 4.79 Å². The van der Waals surface area contributed by atoms with Crippen LogP contribution in [0.1, 0.15) is 110 Å². The molecule has 2 N–H and O–H groups in total. The van der Waals surface area contributed by atoms with Gasteiger partial charge in [0.25, 0.3) is 0 Å². The van der Waals surface area contributed by atoms with Crippen LogP contribution < -0.4 is 0 Å². The summed E-state index contributed by atoms with van der Waals surface area (Å²) in [5, 5.41) is 31.1. The monoisotopic (exact) mass is 796 g/mol. The normalized spacial score (nSPS) is 32.8. The topological polar surface area (TPSA) is 170 Å². The van der Waals surface area contributed by atoms with E-state index in [0.717, 1.165) is 24.8 Å². The number of benzene rings is 2. The number of esters is 2. The Morgan fingerprint density at radius 2 is 1.78 bits per heavy atom. The van der Waals surface area contributed by atoms with E-state index in [9.17, 15) is 29.4 Å². The zero-order valence-corrected chi connectivity index (χ0v) is 34.7. The summed E-state index contributed by atoms with van der Waals surface area (Å²) in [5.41, 5.74) is -2.64. The molecular weight excluding hydrogens is 741 g/mol. The van der Waals surface area contributed by atoms with Crippen LogP contribution in [0.3, 0.4) is 0 Å². The van der Waals surface area contributed by atoms with Crippen molar-refractivity contribution >= 4 is 34.9 Å². The Bertz CT molecular complexity index is 2100. The van der Waals surface area contributed by atoms with Crippen LogP contribution >= 0.6 is 0 Å². The number of phenolic OH excluding ortho intramolecular Hbond substituents is 1. The van der Waals surface area contributed by atoms with Crippen molar-refractivity contribution in [3.8, 4) is 5.75 Å². The van der Waals surface area contributed by atoms with E-state index in [1.807, 2.05) is 19.9 Å². The summed E-state index contributed by atoms with van der Waals surface area (Å²) in [6, 6.07) is 11.2. The summed E-state index contributed by atoms with van der Waals surface area (Å²) >= 11 is 0. The van der Waals surface area contributed by atoms with Crippen LogP contribution in [0.5, 0.6) is 5.75 Å². The van der Waals surface area contributed by atoms with Crippen LogP contribution in [-0.2, 0) is 38.7 Å². The first-order valence-electron chi connectivity index (χ1n) is 20.5. The zero-order chi connectivity index (χ0) is 42.0. The van der Waals surface area contributed by atoms with E-state index < -0.39 is 64.5 Å². The summed E-state index contributed by atoms with van der Waals surface area (Å²) in [5.74, 6) is -2.12. The number of phenols is 1. The number of ketones is 2. The summed E-state index contributed by atoms with van der Waals surface area (Å²) in [4.78, 5) is 53.9. The van der Waals surface area contributed by atoms with E-state index in [0.29, 0.717) is 30.5 Å². The first kappa shape index (κ1) is 41.6. The fourth-order valence-electron chi connectivity index (χ4n) is 10.8. The van der Waals surface area contributed by atoms with Gasteiger partial charge in [-0.05, 0) is 121 Å². The highest BCUT2D eigenvalue weighted by molar-refractivity contribution is 6.01. The summed E-state index contributed by atoms with van der Waals surface area (Å²) in [6.45, 7) is 14.2. The first-order chi connectivity index (χ1) is 27.2. The van der Waals surface area contributed by atoms with E-state index in [-0.39, 0.29) is 46.3 Å². The van der Waals surface area contributed by atoms with Gasteiger partial charge in [-0.1, -0.05) is 57.0 Å². The van der Waals surface area contributed by atoms with Crippen LogP contribution in [-0.4, -0.2) is 70.0 Å². The number of hydrogen-bond donors (Lipinski definition) is 2. The Labute approximate surface area is 340 Å². The second-order valence-corrected chi connectivity index (χ2v) is 18.7. The van der Waals surface area contributed by atoms with Crippen molar-refractivity contribution < 1.29 is 48.3 Å². The van der Waals surface area contributed by atoms with Crippen molar-refractivity contribution in [3.63, 3.8) is 0 Å². The van der Waals surface area contributed by atoms with Crippen molar-refractivity contribution in [1.29, 1.82) is 0 Å². The quantitative estimate of drug-likeness (QED) is 0.176. The maximum Gasteiger partial charge on any atom is 0.342 e. The Morgan fingerprint density at radius 3 is 2.50 bits per heavy atom. The molecule has 12 nitrogen and oxygen atoms in total. The highest BCUT2D eigenvalue weighted by atomic mass is 16.7. The minimum absolute atomic E-state index is 0.0139. The fraction of sp³-hybridized carbons (Fsp3) is 0.565. The molecule has 2 aromatic rings. The third-order valence-corrected chi connectivity index (χ3v) is 13.5. The van der Waals surface area contributed by atoms with Crippen molar-refractivity contribution in [1.82, 2.24) is 0 Å². The molecule has 2 aromatic carbocycles. The zero-order valence-electron chi connectivity index (χ0n) is 34.7. The highest BCUT2D eigenvalue weighted by Gasteiger charge is 2.76. The number of Topliss-reactive ketones (excluding diaryl/α,β-unsaturated/α-hetero) is 1. The molecule has 310 valence electrons. The lowest BCUT2D eigenvalue weighted by Gasteiger charge is -2.59. The molecule has 0 bridgehead atoms. The van der Waals surface area contributed by atoms with Crippen molar-refractivity contribution in [2.24, 2.45) is 38.8 Å². The molecule has 12 heteroatoms. The molecule has 2 unspecified atom stereocenters. The van der Waals surface area contributed by atoms with Crippen molar-refractivity contribution in [2.75, 3.05) is 6.61 Å². The average Bonchev–Trinajstić information content (AvgIpc) is 3.64. The van der Waals surface area contributed by atoms with E-state index in [4.69, 9.17) is 18.9 Å². The SMILES string of the molecule is CCCC1OC2C[C@H]3[C@@H]4CCC5=CC(=O)C=C[C@]5(C)[C@H]4[C@@H](O)C[C@]3(C)[C@]2(C(=O)COC(=O)C(C)(C)c2ccccc2N=Nc2ccc(O)c(C(=O)OC(C)(C)C)c2)O1. The van der Waals surface area contributed by atoms with Gasteiger partial charge in [0, 0.05) is 16.7 Å². The molecule has 4 aliphatic carbocycles. The lowest BCUT2D eigenvalue weighted by atomic mass is 9.46. The molecule has 1 heterocycles. The Hall–Kier alpha value is -4.52. The van der Waals surface area contributed by atoms with Crippen LogP contribution in [0.4, 0.5) is 11.4 Å². The van der Waals surface area contributed by atoms with Gasteiger partial charge < -0.3 is 29.2 Å². The van der Waals surface area contributed by atoms with Gasteiger partial charge in [-0.2, -0.15) is 10.2 Å². The number of azo groups is 1. The molecule has 3 saturated carbocycles. The summed E-state index contributed by atoms with van der Waals surface area (Å²) in [6.07, 6.45) is 7.11. The molecule has 7 rings (SSSR count). The van der Waals surface area contributed by atoms with Gasteiger partial charge in [0.1, 0.15) is 16.9 Å². The van der Waals surface area contributed by atoms with E-state index in [1.165, 1.54) is 18.2 Å². The van der Waals surface area contributed by atoms with Gasteiger partial charge in [0.05, 0.1) is 29.0 Å². The average molecular weight is 797 g/mol. The van der Waals surface area contributed by atoms with Gasteiger partial charge in [0.15, 0.2) is 24.3 Å². The number of aliphatic hydroxyl groups excluding tert-OH is 1. The molecule has 0 aromatic heterocycles. The number of aliphatic hydroxyl groups is 1. The summed E-state index contributed by atoms with van der Waals surface area (Å²) in [7, 11) is 0. The predicted octanol–water partition coefficient (Wildman–Crippen LogP) is 8.32. The Kier molecular flexibility index (Phi) is 10.7. The molecule has 9 atom stereocenters. The summed E-state index contributed by atoms with van der Waals surface area (Å²) < 4.78 is 24.6. The maximum atomic E-state index is 14.8. The first-order valence-corrected chi connectivity index (χ1v) is 20.5. The minimum atomic E-state index is -1.43. The minimum Gasteiger partial charge on any atom is -0.507 e. The van der Waals surface area contributed by atoms with E-state index in [2.05, 4.69) is 17.2 Å². The van der Waals surface area contributed by atoms with E-state index >= 15 is 0 Å². The number of ether oxygens (including phenoxy) is 4. The molecule has 1 aliphatic heterocycles. The number of carbonyl (C=O) groups excluding carboxylic acids is 4. The molecule has 0 radical (unpaired) electrons. The molecular formula is C46H56N2O10. The number of nitrogens with zero attached hydrogens (tertiary/aromatic N) is 2. The fourth-order valence-corrected chi connectivity index (χ4v) is 10.8. The molecule has 5 aliphatic rings. The van der Waals surface area contributed by atoms with Crippen LogP contribution in [0.2, 0.25) is 0 Å². The van der Waals surface area contributed by atoms with Crippen LogP contribution in [0.25, 0.3) is 0 Å². The van der Waals surface area contributed by atoms with Gasteiger partial charge >= 0.3 is 11.9 Å². The standard InChI is InChI=1S/C46H56N2O10/c1-9-12-38-56-37-23-32-29-17-15-26-21-28(49)19-20-44(26,7)39(29)35(51)24-45(32,8)46(37,57-38)36(52)25-55-41(54)43(5,6)31-13-10-11-14-33(31)48-47-27-16-18-34(50)30(22-27)40(53)58-42(2,3)4/h10-11,13-14,16,18-22,29,32,35,37-39,50-51H,9,12,15,17,23-25H2,1-8H3/t29-,32-,35-,37?,38?,39+,44-,45-,46+/m0/s1. The van der Waals surface area contributed by atoms with E-state index in [1.54, 1.807) is 71.0 Å². The second kappa shape index (κ2) is 14.9. The molecule has 1 saturated heterocycles. The number of carbonyl (C=O) groups is 4. The molecule has 4 fully saturated rings. The largest absolute Gasteiger partial charge is 0.507 e. The lowest BCUT2D eigenvalue weighted by molar-refractivity contribution is -0.201. The molecule has 0 amide bonds. The number of aromatic hydroxyl groups is 1. The van der Waals surface area contributed by atoms with Crippen LogP contribution in [0.15, 0.2) is 76.5 Å². The number of rotatable bonds is 10. The number of fused-ring (bicyclic) bond motifs is 7. The van der Waals surface area contributed by atoms with Gasteiger partial charge in [0.2, 0.25) is 5.78 Å². The Balaban J connectivity index is 1.12. The van der Waals surface area contributed by atoms with Crippen molar-refractivity contribution in [2.45, 2.75) is 129 Å². The molecule has 0 spiro atoms. The maximum absolute atomic E-state index is 14.8. The second-order valence-electron chi connectivity index (χ2n) is 18.7. The number of hydrogen-bond acceptors (Lipinski definition) is 12.